The van der Waals surface area contributed by atoms with Crippen molar-refractivity contribution >= 4 is 10.1 Å². The van der Waals surface area contributed by atoms with Gasteiger partial charge in [0.2, 0.25) is 0 Å². The Morgan fingerprint density at radius 3 is 1.90 bits per heavy atom. The Labute approximate surface area is 204 Å². The van der Waals surface area contributed by atoms with E-state index in [1.807, 2.05) is 30.3 Å². The maximum absolute atomic E-state index is 11.6. The van der Waals surface area contributed by atoms with Gasteiger partial charge >= 0.3 is 29.6 Å². The van der Waals surface area contributed by atoms with Crippen LogP contribution in [0.1, 0.15) is 76.7 Å². The topological polar surface area (TPSA) is 66.4 Å². The molecule has 2 aromatic rings. The first kappa shape index (κ1) is 27.2. The summed E-state index contributed by atoms with van der Waals surface area (Å²) in [5.41, 5.74) is 0.549. The number of hydrogen-bond acceptors (Lipinski definition) is 4. The Hall–Kier alpha value is -0.850. The van der Waals surface area contributed by atoms with Gasteiger partial charge in [-0.2, -0.15) is 0 Å². The number of aryl methyl sites for hydroxylation is 1. The van der Waals surface area contributed by atoms with Crippen molar-refractivity contribution < 1.29 is 47.3 Å². The van der Waals surface area contributed by atoms with Crippen molar-refractivity contribution in [1.82, 2.24) is 0 Å². The van der Waals surface area contributed by atoms with Crippen molar-refractivity contribution in [2.75, 3.05) is 0 Å². The molecular weight excluding hydrogens is 407 g/mol. The van der Waals surface area contributed by atoms with Crippen LogP contribution < -0.4 is 34.3 Å². The van der Waals surface area contributed by atoms with Crippen LogP contribution in [0, 0.1) is 0 Å². The third-order valence-corrected chi connectivity index (χ3v) is 6.02. The zero-order chi connectivity index (χ0) is 21.0. The molecule has 0 aromatic heterocycles. The van der Waals surface area contributed by atoms with Crippen LogP contribution in [0.25, 0.3) is 0 Å². The first-order valence-electron chi connectivity index (χ1n) is 10.8. The zero-order valence-corrected chi connectivity index (χ0v) is 21.3. The van der Waals surface area contributed by atoms with Gasteiger partial charge in [-0.15, -0.1) is 0 Å². The molecule has 0 radical (unpaired) electrons. The van der Waals surface area contributed by atoms with E-state index in [1.54, 1.807) is 12.1 Å². The third-order valence-electron chi connectivity index (χ3n) is 5.08. The Balaban J connectivity index is 0.00000450. The van der Waals surface area contributed by atoms with Crippen LogP contribution in [0.3, 0.4) is 0 Å². The van der Waals surface area contributed by atoms with Crippen molar-refractivity contribution in [1.29, 1.82) is 0 Å². The fourth-order valence-corrected chi connectivity index (χ4v) is 4.20. The molecule has 30 heavy (non-hydrogen) atoms. The molecule has 4 nitrogen and oxygen atoms in total. The number of unbranched alkanes of at least 4 members (excludes halogenated alkanes) is 9. The number of hydrogen-bond donors (Lipinski definition) is 0. The molecule has 160 valence electrons. The van der Waals surface area contributed by atoms with E-state index in [9.17, 15) is 13.0 Å². The Bertz CT molecular complexity index is 822. The van der Waals surface area contributed by atoms with E-state index in [-0.39, 0.29) is 34.5 Å². The summed E-state index contributed by atoms with van der Waals surface area (Å²) in [7, 11) is -4.49. The molecule has 0 saturated carbocycles. The summed E-state index contributed by atoms with van der Waals surface area (Å²) in [5.74, 6) is 1.22. The van der Waals surface area contributed by atoms with Gasteiger partial charge in [-0.05, 0) is 48.7 Å². The van der Waals surface area contributed by atoms with Gasteiger partial charge < -0.3 is 9.29 Å². The second kappa shape index (κ2) is 15.0. The predicted octanol–water partition coefficient (Wildman–Crippen LogP) is 3.85. The second-order valence-corrected chi connectivity index (χ2v) is 8.92. The first-order chi connectivity index (χ1) is 14.0. The summed E-state index contributed by atoms with van der Waals surface area (Å²) < 4.78 is 40.6. The van der Waals surface area contributed by atoms with E-state index in [0.29, 0.717) is 23.5 Å². The Kier molecular flexibility index (Phi) is 13.6. The summed E-state index contributed by atoms with van der Waals surface area (Å²) >= 11 is 0. The molecule has 0 saturated heterocycles. The molecule has 0 unspecified atom stereocenters. The molecule has 0 heterocycles. The van der Waals surface area contributed by atoms with Crippen molar-refractivity contribution in [3.8, 4) is 11.5 Å². The largest absolute Gasteiger partial charge is 1.00 e. The molecule has 0 spiro atoms. The average Bonchev–Trinajstić information content (AvgIpc) is 2.69. The van der Waals surface area contributed by atoms with Gasteiger partial charge in [-0.3, -0.25) is 0 Å². The fourth-order valence-electron chi connectivity index (χ4n) is 3.49. The van der Waals surface area contributed by atoms with Crippen molar-refractivity contribution in [3.63, 3.8) is 0 Å². The third kappa shape index (κ3) is 10.5. The molecule has 2 rings (SSSR count). The van der Waals surface area contributed by atoms with Gasteiger partial charge in [0.1, 0.15) is 21.6 Å². The molecule has 0 N–H and O–H groups in total. The minimum absolute atomic E-state index is 0. The molecule has 2 aromatic carbocycles. The Morgan fingerprint density at radius 2 is 1.33 bits per heavy atom. The molecule has 0 aliphatic rings. The second-order valence-electron chi connectivity index (χ2n) is 7.57. The zero-order valence-electron chi connectivity index (χ0n) is 18.4. The van der Waals surface area contributed by atoms with Crippen LogP contribution >= 0.6 is 0 Å². The monoisotopic (exact) mass is 440 g/mol. The van der Waals surface area contributed by atoms with Gasteiger partial charge in [-0.25, -0.2) is 8.42 Å². The van der Waals surface area contributed by atoms with Gasteiger partial charge in [0.05, 0.1) is 4.90 Å². The van der Waals surface area contributed by atoms with Crippen molar-refractivity contribution in [2.45, 2.75) is 82.4 Å². The molecule has 0 aliphatic carbocycles. The van der Waals surface area contributed by atoms with Crippen LogP contribution in [-0.2, 0) is 16.5 Å². The van der Waals surface area contributed by atoms with Crippen LogP contribution in [0.4, 0.5) is 0 Å². The molecule has 0 amide bonds. The molecule has 0 aliphatic heterocycles. The van der Waals surface area contributed by atoms with E-state index in [1.165, 1.54) is 51.0 Å². The van der Waals surface area contributed by atoms with Crippen molar-refractivity contribution in [3.05, 3.63) is 54.1 Å². The predicted molar refractivity (Wildman–Crippen MR) is 116 cm³/mol. The molecule has 6 heteroatoms. The van der Waals surface area contributed by atoms with Crippen LogP contribution in [0.15, 0.2) is 53.4 Å². The molecule has 0 fully saturated rings. The summed E-state index contributed by atoms with van der Waals surface area (Å²) in [5, 5.41) is 0. The van der Waals surface area contributed by atoms with Gasteiger partial charge in [0.15, 0.2) is 0 Å². The normalized spacial score (nSPS) is 11.1. The number of para-hydroxylation sites is 1. The first-order valence-corrected chi connectivity index (χ1v) is 12.2. The smallest absolute Gasteiger partial charge is 0.744 e. The minimum Gasteiger partial charge on any atom is -0.744 e. The molecule has 0 bridgehead atoms. The van der Waals surface area contributed by atoms with E-state index < -0.39 is 10.1 Å². The van der Waals surface area contributed by atoms with Crippen LogP contribution in [-0.4, -0.2) is 13.0 Å². The minimum atomic E-state index is -4.49. The SMILES string of the molecule is CCCCCCCCCCCCc1cc(Oc2ccccc2)ccc1S(=O)(=O)[O-].[Na+]. The standard InChI is InChI=1S/C24H34O4S.Na/c1-2-3-4-5-6-7-8-9-10-12-15-21-20-23(18-19-24(21)29(25,26)27)28-22-16-13-11-14-17-22;/h11,13-14,16-20H,2-10,12,15H2,1H3,(H,25,26,27);/q;+1/p-1. The summed E-state index contributed by atoms with van der Waals surface area (Å²) in [6.07, 6.45) is 12.7. The van der Waals surface area contributed by atoms with E-state index in [4.69, 9.17) is 4.74 Å². The maximum atomic E-state index is 11.6. The van der Waals surface area contributed by atoms with Crippen molar-refractivity contribution in [2.24, 2.45) is 0 Å². The fraction of sp³-hybridized carbons (Fsp3) is 0.500. The van der Waals surface area contributed by atoms with E-state index in [2.05, 4.69) is 6.92 Å². The van der Waals surface area contributed by atoms with Crippen LogP contribution in [0.5, 0.6) is 11.5 Å². The van der Waals surface area contributed by atoms with Crippen LogP contribution in [0.2, 0.25) is 0 Å². The summed E-state index contributed by atoms with van der Waals surface area (Å²) in [6, 6.07) is 13.9. The summed E-state index contributed by atoms with van der Waals surface area (Å²) in [4.78, 5) is -0.131. The van der Waals surface area contributed by atoms with Gasteiger partial charge in [-0.1, -0.05) is 82.9 Å². The van der Waals surface area contributed by atoms with Gasteiger partial charge in [0, 0.05) is 0 Å². The number of benzene rings is 2. The van der Waals surface area contributed by atoms with E-state index >= 15 is 0 Å². The Morgan fingerprint density at radius 1 is 0.767 bits per heavy atom. The molecule has 0 atom stereocenters. The van der Waals surface area contributed by atoms with Gasteiger partial charge in [0.25, 0.3) is 0 Å². The summed E-state index contributed by atoms with van der Waals surface area (Å²) in [6.45, 7) is 2.23. The molecular formula is C24H33NaO4S. The average molecular weight is 441 g/mol. The number of rotatable bonds is 14. The quantitative estimate of drug-likeness (QED) is 0.254. The maximum Gasteiger partial charge on any atom is 1.00 e. The number of ether oxygens (including phenoxy) is 1. The van der Waals surface area contributed by atoms with E-state index in [0.717, 1.165) is 19.3 Å².